The lowest BCUT2D eigenvalue weighted by molar-refractivity contribution is 0.681. The van der Waals surface area contributed by atoms with Crippen molar-refractivity contribution in [2.45, 2.75) is 32.9 Å². The van der Waals surface area contributed by atoms with Gasteiger partial charge in [0.1, 0.15) is 0 Å². The summed E-state index contributed by atoms with van der Waals surface area (Å²) in [6.07, 6.45) is 3.15. The molecule has 2 rings (SSSR count). The van der Waals surface area contributed by atoms with Crippen LogP contribution in [-0.4, -0.2) is 18.6 Å². The first kappa shape index (κ1) is 14.5. The zero-order chi connectivity index (χ0) is 13.7. The Labute approximate surface area is 123 Å². The summed E-state index contributed by atoms with van der Waals surface area (Å²) < 4.78 is 0. The van der Waals surface area contributed by atoms with E-state index in [0.717, 1.165) is 18.2 Å². The molecule has 1 N–H and O–H groups in total. The number of thiazole rings is 1. The van der Waals surface area contributed by atoms with E-state index in [1.165, 1.54) is 16.2 Å². The molecule has 5 heteroatoms. The highest BCUT2D eigenvalue weighted by molar-refractivity contribution is 7.15. The number of anilines is 1. The molecule has 0 aromatic carbocycles. The Bertz CT molecular complexity index is 479. The first-order chi connectivity index (χ1) is 9.22. The van der Waals surface area contributed by atoms with Crippen LogP contribution in [0.1, 0.15) is 36.1 Å². The standard InChI is InChI=1S/C14H21N3S2/c1-4-7-15-9-12-10-16-14(19-12)17(3)11(2)13-6-5-8-18-13/h5-6,8,10-11,15H,4,7,9H2,1-3H3. The van der Waals surface area contributed by atoms with Crippen LogP contribution in [0.25, 0.3) is 0 Å². The van der Waals surface area contributed by atoms with Gasteiger partial charge < -0.3 is 10.2 Å². The lowest BCUT2D eigenvalue weighted by Gasteiger charge is -2.23. The van der Waals surface area contributed by atoms with Crippen LogP contribution in [0.4, 0.5) is 5.13 Å². The zero-order valence-electron chi connectivity index (χ0n) is 11.7. The van der Waals surface area contributed by atoms with Gasteiger partial charge in [0.05, 0.1) is 6.04 Å². The van der Waals surface area contributed by atoms with Crippen LogP contribution in [-0.2, 0) is 6.54 Å². The van der Waals surface area contributed by atoms with Gasteiger partial charge in [0.2, 0.25) is 0 Å². The number of thiophene rings is 1. The van der Waals surface area contributed by atoms with Crippen molar-refractivity contribution in [1.29, 1.82) is 0 Å². The fourth-order valence-electron chi connectivity index (χ4n) is 1.82. The molecule has 0 aliphatic carbocycles. The number of hydrogen-bond acceptors (Lipinski definition) is 5. The third kappa shape index (κ3) is 3.78. The minimum atomic E-state index is 0.377. The van der Waals surface area contributed by atoms with Crippen LogP contribution in [0.5, 0.6) is 0 Å². The van der Waals surface area contributed by atoms with Crippen molar-refractivity contribution < 1.29 is 0 Å². The molecule has 0 radical (unpaired) electrons. The van der Waals surface area contributed by atoms with Crippen LogP contribution in [0.3, 0.4) is 0 Å². The average molecular weight is 295 g/mol. The normalized spacial score (nSPS) is 12.6. The maximum absolute atomic E-state index is 4.53. The minimum absolute atomic E-state index is 0.377. The lowest BCUT2D eigenvalue weighted by atomic mass is 10.2. The van der Waals surface area contributed by atoms with Gasteiger partial charge in [0.15, 0.2) is 5.13 Å². The van der Waals surface area contributed by atoms with E-state index in [-0.39, 0.29) is 0 Å². The molecule has 1 unspecified atom stereocenters. The van der Waals surface area contributed by atoms with Gasteiger partial charge in [-0.15, -0.1) is 22.7 Å². The number of aromatic nitrogens is 1. The first-order valence-corrected chi connectivity index (χ1v) is 8.33. The Kier molecular flexibility index (Phi) is 5.36. The highest BCUT2D eigenvalue weighted by atomic mass is 32.1. The molecule has 0 aliphatic rings. The van der Waals surface area contributed by atoms with Crippen molar-refractivity contribution in [1.82, 2.24) is 10.3 Å². The third-order valence-electron chi connectivity index (χ3n) is 3.10. The van der Waals surface area contributed by atoms with E-state index in [9.17, 15) is 0 Å². The van der Waals surface area contributed by atoms with E-state index in [0.29, 0.717) is 6.04 Å². The monoisotopic (exact) mass is 295 g/mol. The Morgan fingerprint density at radius 3 is 3.00 bits per heavy atom. The van der Waals surface area contributed by atoms with Crippen molar-refractivity contribution in [3.8, 4) is 0 Å². The van der Waals surface area contributed by atoms with Crippen molar-refractivity contribution in [3.63, 3.8) is 0 Å². The van der Waals surface area contributed by atoms with E-state index in [2.05, 4.69) is 53.6 Å². The van der Waals surface area contributed by atoms with Crippen LogP contribution in [0.2, 0.25) is 0 Å². The molecular weight excluding hydrogens is 274 g/mol. The molecule has 0 amide bonds. The summed E-state index contributed by atoms with van der Waals surface area (Å²) in [5, 5.41) is 6.63. The largest absolute Gasteiger partial charge is 0.344 e. The van der Waals surface area contributed by atoms with Gasteiger partial charge in [-0.25, -0.2) is 4.98 Å². The molecule has 3 nitrogen and oxygen atoms in total. The van der Waals surface area contributed by atoms with Crippen LogP contribution in [0, 0.1) is 0 Å². The summed E-state index contributed by atoms with van der Waals surface area (Å²) in [6, 6.07) is 4.66. The summed E-state index contributed by atoms with van der Waals surface area (Å²) >= 11 is 3.57. The van der Waals surface area contributed by atoms with Gasteiger partial charge in [-0.2, -0.15) is 0 Å². The van der Waals surface area contributed by atoms with Gasteiger partial charge in [-0.1, -0.05) is 13.0 Å². The second-order valence-corrected chi connectivity index (χ2v) is 6.66. The molecule has 19 heavy (non-hydrogen) atoms. The van der Waals surface area contributed by atoms with Crippen molar-refractivity contribution >= 4 is 27.8 Å². The van der Waals surface area contributed by atoms with Crippen molar-refractivity contribution in [2.75, 3.05) is 18.5 Å². The average Bonchev–Trinajstić information content (AvgIpc) is 3.08. The molecule has 0 aliphatic heterocycles. The Morgan fingerprint density at radius 2 is 2.32 bits per heavy atom. The van der Waals surface area contributed by atoms with Crippen molar-refractivity contribution in [2.24, 2.45) is 0 Å². The SMILES string of the molecule is CCCNCc1cnc(N(C)C(C)c2cccs2)s1. The molecule has 0 saturated heterocycles. The Balaban J connectivity index is 1.97. The molecule has 2 heterocycles. The molecule has 0 fully saturated rings. The summed E-state index contributed by atoms with van der Waals surface area (Å²) in [4.78, 5) is 9.46. The Morgan fingerprint density at radius 1 is 1.47 bits per heavy atom. The smallest absolute Gasteiger partial charge is 0.185 e. The predicted molar refractivity (Wildman–Crippen MR) is 85.2 cm³/mol. The molecule has 2 aromatic rings. The maximum atomic E-state index is 4.53. The Hall–Kier alpha value is -0.910. The molecule has 0 spiro atoms. The predicted octanol–water partition coefficient (Wildman–Crippen LogP) is 3.90. The fourth-order valence-corrected chi connectivity index (χ4v) is 3.56. The van der Waals surface area contributed by atoms with E-state index in [4.69, 9.17) is 0 Å². The topological polar surface area (TPSA) is 28.2 Å². The quantitative estimate of drug-likeness (QED) is 0.785. The van der Waals surface area contributed by atoms with E-state index in [1.54, 1.807) is 22.7 Å². The van der Waals surface area contributed by atoms with E-state index < -0.39 is 0 Å². The second kappa shape index (κ2) is 7.03. The number of nitrogens with one attached hydrogen (secondary N) is 1. The number of nitrogens with zero attached hydrogens (tertiary/aromatic N) is 2. The number of rotatable bonds is 7. The molecule has 0 bridgehead atoms. The van der Waals surface area contributed by atoms with Crippen LogP contribution < -0.4 is 10.2 Å². The molecule has 104 valence electrons. The highest BCUT2D eigenvalue weighted by Gasteiger charge is 2.16. The zero-order valence-corrected chi connectivity index (χ0v) is 13.4. The fraction of sp³-hybridized carbons (Fsp3) is 0.500. The van der Waals surface area contributed by atoms with Gasteiger partial charge in [-0.05, 0) is 31.3 Å². The number of hydrogen-bond donors (Lipinski definition) is 1. The summed E-state index contributed by atoms with van der Waals surface area (Å²) in [5.41, 5.74) is 0. The first-order valence-electron chi connectivity index (χ1n) is 6.64. The summed E-state index contributed by atoms with van der Waals surface area (Å²) in [6.45, 7) is 6.39. The van der Waals surface area contributed by atoms with Crippen molar-refractivity contribution in [3.05, 3.63) is 33.5 Å². The summed E-state index contributed by atoms with van der Waals surface area (Å²) in [7, 11) is 2.12. The molecule has 2 aromatic heterocycles. The van der Waals surface area contributed by atoms with Gasteiger partial charge in [0, 0.05) is 29.5 Å². The third-order valence-corrected chi connectivity index (χ3v) is 5.24. The summed E-state index contributed by atoms with van der Waals surface area (Å²) in [5.74, 6) is 0. The van der Waals surface area contributed by atoms with E-state index in [1.807, 2.05) is 6.20 Å². The van der Waals surface area contributed by atoms with Crippen LogP contribution in [0.15, 0.2) is 23.7 Å². The second-order valence-electron chi connectivity index (χ2n) is 4.59. The molecular formula is C14H21N3S2. The van der Waals surface area contributed by atoms with Crippen LogP contribution >= 0.6 is 22.7 Å². The maximum Gasteiger partial charge on any atom is 0.185 e. The molecule has 0 saturated carbocycles. The van der Waals surface area contributed by atoms with E-state index >= 15 is 0 Å². The van der Waals surface area contributed by atoms with Gasteiger partial charge >= 0.3 is 0 Å². The highest BCUT2D eigenvalue weighted by Crippen LogP contribution is 2.30. The lowest BCUT2D eigenvalue weighted by Crippen LogP contribution is -2.20. The van der Waals surface area contributed by atoms with Gasteiger partial charge in [-0.3, -0.25) is 0 Å². The van der Waals surface area contributed by atoms with Gasteiger partial charge in [0.25, 0.3) is 0 Å². The minimum Gasteiger partial charge on any atom is -0.344 e. The molecule has 1 atom stereocenters.